The van der Waals surface area contributed by atoms with E-state index in [9.17, 15) is 4.39 Å². The largest absolute Gasteiger partial charge is 0.495 e. The Morgan fingerprint density at radius 2 is 2.03 bits per heavy atom. The fourth-order valence-corrected chi connectivity index (χ4v) is 4.44. The fourth-order valence-electron chi connectivity index (χ4n) is 4.35. The topological polar surface area (TPSA) is 76.3 Å². The number of nitrogen functional groups attached to an aromatic ring is 1. The Hall–Kier alpha value is -2.12. The van der Waals surface area contributed by atoms with Crippen molar-refractivity contribution in [3.63, 3.8) is 0 Å². The van der Waals surface area contributed by atoms with Gasteiger partial charge in [-0.05, 0) is 61.8 Å². The molecule has 1 aliphatic heterocycles. The van der Waals surface area contributed by atoms with Crippen LogP contribution in [0.3, 0.4) is 0 Å². The Kier molecular flexibility index (Phi) is 6.06. The molecule has 1 atom stereocenters. The normalized spacial score (nSPS) is 20.7. The summed E-state index contributed by atoms with van der Waals surface area (Å²) in [4.78, 5) is 10.8. The van der Waals surface area contributed by atoms with Crippen molar-refractivity contribution in [2.75, 3.05) is 31.2 Å². The third-order valence-corrected chi connectivity index (χ3v) is 6.25. The van der Waals surface area contributed by atoms with Gasteiger partial charge >= 0.3 is 0 Å². The lowest BCUT2D eigenvalue weighted by Crippen LogP contribution is -2.42. The molecule has 6 nitrogen and oxygen atoms in total. The zero-order chi connectivity index (χ0) is 20.4. The summed E-state index contributed by atoms with van der Waals surface area (Å²) in [6.07, 6.45) is 6.37. The summed E-state index contributed by atoms with van der Waals surface area (Å²) in [6.45, 7) is 1.71. The van der Waals surface area contributed by atoms with Crippen LogP contribution < -0.4 is 15.8 Å². The first-order valence-electron chi connectivity index (χ1n) is 10.2. The van der Waals surface area contributed by atoms with Crippen LogP contribution in [0.4, 0.5) is 21.8 Å². The molecule has 1 fully saturated rings. The van der Waals surface area contributed by atoms with Gasteiger partial charge in [-0.1, -0.05) is 11.6 Å². The average Bonchev–Trinajstić information content (AvgIpc) is 2.92. The van der Waals surface area contributed by atoms with Crippen LogP contribution in [0.15, 0.2) is 18.3 Å². The highest BCUT2D eigenvalue weighted by Crippen LogP contribution is 2.35. The number of rotatable bonds is 4. The molecule has 29 heavy (non-hydrogen) atoms. The van der Waals surface area contributed by atoms with E-state index in [0.29, 0.717) is 29.9 Å². The number of nitrogens with two attached hydrogens (primary N) is 1. The van der Waals surface area contributed by atoms with Crippen molar-refractivity contribution in [3.05, 3.63) is 34.5 Å². The SMILES string of the molecule is COc1cc2c(cc1Nc1ncc(Cl)c(N)n1)CCCC(N1CCC(F)CC1)C2. The van der Waals surface area contributed by atoms with Crippen LogP contribution in [0, 0.1) is 0 Å². The molecule has 156 valence electrons. The standard InChI is InChI=1S/C21H27ClFN5O/c1-29-19-11-14-9-16(28-7-5-15(23)6-8-28)4-2-3-13(14)10-18(19)26-21-25-12-17(22)20(24)27-21/h10-12,15-16H,2-9H2,1H3,(H3,24,25,26,27). The number of ether oxygens (including phenoxy) is 1. The number of aryl methyl sites for hydroxylation is 1. The number of likely N-dealkylation sites (tertiary alicyclic amines) is 1. The second-order valence-electron chi connectivity index (χ2n) is 7.83. The van der Waals surface area contributed by atoms with Gasteiger partial charge in [-0.15, -0.1) is 0 Å². The van der Waals surface area contributed by atoms with Crippen LogP contribution in [-0.4, -0.2) is 47.3 Å². The number of aromatic nitrogens is 2. The van der Waals surface area contributed by atoms with Crippen LogP contribution in [0.5, 0.6) is 5.75 Å². The van der Waals surface area contributed by atoms with E-state index in [-0.39, 0.29) is 5.82 Å². The molecule has 0 spiro atoms. The van der Waals surface area contributed by atoms with Crippen molar-refractivity contribution in [1.82, 2.24) is 14.9 Å². The van der Waals surface area contributed by atoms with Crippen LogP contribution in [0.1, 0.15) is 36.8 Å². The van der Waals surface area contributed by atoms with Crippen molar-refractivity contribution in [3.8, 4) is 5.75 Å². The summed E-state index contributed by atoms with van der Waals surface area (Å²) in [5.74, 6) is 1.35. The Bertz CT molecular complexity index is 872. The number of halogens is 2. The Labute approximate surface area is 175 Å². The molecule has 1 saturated heterocycles. The molecule has 0 saturated carbocycles. The quantitative estimate of drug-likeness (QED) is 0.725. The van der Waals surface area contributed by atoms with Crippen LogP contribution in [0.2, 0.25) is 5.02 Å². The molecule has 8 heteroatoms. The van der Waals surface area contributed by atoms with Gasteiger partial charge in [0.15, 0.2) is 0 Å². The molecule has 1 aromatic carbocycles. The summed E-state index contributed by atoms with van der Waals surface area (Å²) in [6, 6.07) is 4.70. The lowest BCUT2D eigenvalue weighted by Gasteiger charge is -2.35. The molecule has 1 aliphatic carbocycles. The number of fused-ring (bicyclic) bond motifs is 1. The van der Waals surface area contributed by atoms with Crippen molar-refractivity contribution >= 4 is 29.1 Å². The summed E-state index contributed by atoms with van der Waals surface area (Å²) in [5.41, 5.74) is 9.20. The molecular formula is C21H27ClFN5O. The first-order chi connectivity index (χ1) is 14.0. The van der Waals surface area contributed by atoms with Gasteiger partial charge in [-0.25, -0.2) is 9.37 Å². The van der Waals surface area contributed by atoms with Crippen molar-refractivity contribution in [2.24, 2.45) is 0 Å². The summed E-state index contributed by atoms with van der Waals surface area (Å²) >= 11 is 5.91. The number of methoxy groups -OCH3 is 1. The Morgan fingerprint density at radius 1 is 1.24 bits per heavy atom. The Balaban J connectivity index is 1.56. The maximum absolute atomic E-state index is 13.5. The highest BCUT2D eigenvalue weighted by Gasteiger charge is 2.27. The van der Waals surface area contributed by atoms with Gasteiger partial charge in [0.25, 0.3) is 0 Å². The van der Waals surface area contributed by atoms with E-state index in [2.05, 4.69) is 32.3 Å². The minimum Gasteiger partial charge on any atom is -0.495 e. The van der Waals surface area contributed by atoms with E-state index in [0.717, 1.165) is 50.2 Å². The van der Waals surface area contributed by atoms with E-state index < -0.39 is 6.17 Å². The molecule has 2 aliphatic rings. The predicted molar refractivity (Wildman–Crippen MR) is 114 cm³/mol. The van der Waals surface area contributed by atoms with E-state index in [4.69, 9.17) is 22.1 Å². The van der Waals surface area contributed by atoms with E-state index in [1.165, 1.54) is 17.3 Å². The summed E-state index contributed by atoms with van der Waals surface area (Å²) < 4.78 is 19.2. The summed E-state index contributed by atoms with van der Waals surface area (Å²) in [5, 5.41) is 3.53. The van der Waals surface area contributed by atoms with Gasteiger partial charge in [0, 0.05) is 19.1 Å². The molecule has 0 radical (unpaired) electrons. The smallest absolute Gasteiger partial charge is 0.229 e. The van der Waals surface area contributed by atoms with E-state index in [1.807, 2.05) is 0 Å². The number of benzene rings is 1. The zero-order valence-corrected chi connectivity index (χ0v) is 17.4. The van der Waals surface area contributed by atoms with Gasteiger partial charge in [-0.2, -0.15) is 4.98 Å². The van der Waals surface area contributed by atoms with Gasteiger partial charge in [0.1, 0.15) is 22.8 Å². The number of alkyl halides is 1. The molecule has 0 amide bonds. The fraction of sp³-hybridized carbons (Fsp3) is 0.524. The predicted octanol–water partition coefficient (Wildman–Crippen LogP) is 4.15. The number of piperidine rings is 1. The number of nitrogens with zero attached hydrogens (tertiary/aromatic N) is 3. The number of anilines is 3. The number of hydrogen-bond acceptors (Lipinski definition) is 6. The van der Waals surface area contributed by atoms with Gasteiger partial charge in [-0.3, -0.25) is 4.90 Å². The molecule has 1 aromatic heterocycles. The average molecular weight is 420 g/mol. The van der Waals surface area contributed by atoms with Gasteiger partial charge in [0.05, 0.1) is 19.0 Å². The summed E-state index contributed by atoms with van der Waals surface area (Å²) in [7, 11) is 1.66. The molecule has 2 heterocycles. The molecule has 2 aromatic rings. The molecule has 4 rings (SSSR count). The third-order valence-electron chi connectivity index (χ3n) is 5.95. The minimum atomic E-state index is -0.637. The lowest BCUT2D eigenvalue weighted by molar-refractivity contribution is 0.106. The molecule has 1 unspecified atom stereocenters. The van der Waals surface area contributed by atoms with E-state index in [1.54, 1.807) is 7.11 Å². The maximum Gasteiger partial charge on any atom is 0.229 e. The van der Waals surface area contributed by atoms with Gasteiger partial charge in [0.2, 0.25) is 5.95 Å². The van der Waals surface area contributed by atoms with Crippen LogP contribution in [0.25, 0.3) is 0 Å². The van der Waals surface area contributed by atoms with Crippen LogP contribution in [-0.2, 0) is 12.8 Å². The molecule has 0 bridgehead atoms. The van der Waals surface area contributed by atoms with E-state index >= 15 is 0 Å². The molecule has 3 N–H and O–H groups in total. The highest BCUT2D eigenvalue weighted by atomic mass is 35.5. The monoisotopic (exact) mass is 419 g/mol. The number of nitrogens with one attached hydrogen (secondary N) is 1. The third kappa shape index (κ3) is 4.56. The lowest BCUT2D eigenvalue weighted by atomic mass is 9.98. The molecular weight excluding hydrogens is 393 g/mol. The highest BCUT2D eigenvalue weighted by molar-refractivity contribution is 6.32. The minimum absolute atomic E-state index is 0.234. The first-order valence-corrected chi connectivity index (χ1v) is 10.5. The second kappa shape index (κ2) is 8.71. The van der Waals surface area contributed by atoms with Gasteiger partial charge < -0.3 is 15.8 Å². The van der Waals surface area contributed by atoms with Crippen molar-refractivity contribution in [1.29, 1.82) is 0 Å². The Morgan fingerprint density at radius 3 is 2.76 bits per heavy atom. The van der Waals surface area contributed by atoms with Crippen molar-refractivity contribution < 1.29 is 9.13 Å². The first kappa shape index (κ1) is 20.2. The zero-order valence-electron chi connectivity index (χ0n) is 16.6. The van der Waals surface area contributed by atoms with Crippen LogP contribution >= 0.6 is 11.6 Å². The second-order valence-corrected chi connectivity index (χ2v) is 8.24. The number of hydrogen-bond donors (Lipinski definition) is 2. The maximum atomic E-state index is 13.5. The van der Waals surface area contributed by atoms with Crippen molar-refractivity contribution in [2.45, 2.75) is 50.7 Å².